The van der Waals surface area contributed by atoms with Gasteiger partial charge in [0.1, 0.15) is 54.9 Å². The van der Waals surface area contributed by atoms with Crippen molar-refractivity contribution in [2.45, 2.75) is 131 Å². The third-order valence-electron chi connectivity index (χ3n) is 9.52. The van der Waals surface area contributed by atoms with Crippen molar-refractivity contribution in [2.24, 2.45) is 0 Å². The molecule has 0 aliphatic carbocycles. The van der Waals surface area contributed by atoms with Crippen LogP contribution >= 0.6 is 11.8 Å². The predicted octanol–water partition coefficient (Wildman–Crippen LogP) is -5.70. The molecule has 4 amide bonds. The molecule has 0 aromatic rings. The summed E-state index contributed by atoms with van der Waals surface area (Å²) >= 11 is 1.39. The molecule has 0 aromatic heterocycles. The molecular formula is C33H51N3O21S. The number of thioether (sulfide) groups is 1. The molecule has 0 saturated carbocycles. The first-order valence-electron chi connectivity index (χ1n) is 18.3. The van der Waals surface area contributed by atoms with E-state index in [1.54, 1.807) is 0 Å². The van der Waals surface area contributed by atoms with Crippen LogP contribution in [0, 0.1) is 0 Å². The van der Waals surface area contributed by atoms with Crippen LogP contribution in [0.1, 0.15) is 33.1 Å². The van der Waals surface area contributed by atoms with Crippen LogP contribution in [0.15, 0.2) is 0 Å². The van der Waals surface area contributed by atoms with Gasteiger partial charge in [0.05, 0.1) is 18.5 Å². The van der Waals surface area contributed by atoms with Gasteiger partial charge in [-0.1, -0.05) is 6.92 Å². The topological polar surface area (TPSA) is 334 Å². The molecule has 16 atom stereocenters. The van der Waals surface area contributed by atoms with Gasteiger partial charge < -0.3 is 83.9 Å². The average molecular weight is 858 g/mol. The van der Waals surface area contributed by atoms with E-state index in [1.165, 1.54) is 11.8 Å². The lowest BCUT2D eigenvalue weighted by atomic mass is 9.95. The second kappa shape index (κ2) is 22.5. The van der Waals surface area contributed by atoms with Gasteiger partial charge in [0.25, 0.3) is 12.9 Å². The van der Waals surface area contributed by atoms with Crippen molar-refractivity contribution in [1.82, 2.24) is 15.5 Å². The number of hydrogen-bond donors (Lipinski definition) is 8. The molecule has 7 unspecified atom stereocenters. The number of carbonyl (C=O) groups excluding carboxylic acids is 6. The van der Waals surface area contributed by atoms with Crippen LogP contribution in [-0.4, -0.2) is 209 Å². The zero-order valence-corrected chi connectivity index (χ0v) is 32.5. The van der Waals surface area contributed by atoms with Crippen molar-refractivity contribution in [3.05, 3.63) is 0 Å². The summed E-state index contributed by atoms with van der Waals surface area (Å²) in [6, 6.07) is -1.60. The Kier molecular flexibility index (Phi) is 18.4. The van der Waals surface area contributed by atoms with E-state index in [0.717, 1.165) is 18.9 Å². The number of nitrogens with one attached hydrogen (secondary N) is 2. The molecule has 4 saturated heterocycles. The number of hydrogen-bond acceptors (Lipinski definition) is 22. The van der Waals surface area contributed by atoms with Crippen LogP contribution in [0.25, 0.3) is 0 Å². The monoisotopic (exact) mass is 857 g/mol. The fourth-order valence-corrected chi connectivity index (χ4v) is 7.64. The van der Waals surface area contributed by atoms with E-state index in [0.29, 0.717) is 5.75 Å². The number of amides is 4. The molecule has 4 rings (SSSR count). The Bertz CT molecular complexity index is 1400. The molecular weight excluding hydrogens is 806 g/mol. The van der Waals surface area contributed by atoms with Crippen molar-refractivity contribution in [3.8, 4) is 0 Å². The quantitative estimate of drug-likeness (QED) is 0.0303. The molecule has 0 radical (unpaired) electrons. The Morgan fingerprint density at radius 3 is 2.10 bits per heavy atom. The smallest absolute Gasteiger partial charge is 0.295 e. The fourth-order valence-electron chi connectivity index (χ4n) is 6.71. The molecule has 0 spiro atoms. The first-order valence-corrected chi connectivity index (χ1v) is 19.4. The zero-order valence-electron chi connectivity index (χ0n) is 31.7. The number of imide groups is 1. The second-order valence-electron chi connectivity index (χ2n) is 13.4. The van der Waals surface area contributed by atoms with Gasteiger partial charge in [-0.15, -0.1) is 11.8 Å². The van der Waals surface area contributed by atoms with Gasteiger partial charge in [-0.3, -0.25) is 33.7 Å². The summed E-state index contributed by atoms with van der Waals surface area (Å²) in [4.78, 5) is 72.8. The zero-order chi connectivity index (χ0) is 42.7. The van der Waals surface area contributed by atoms with Crippen molar-refractivity contribution < 1.29 is 102 Å². The van der Waals surface area contributed by atoms with Gasteiger partial charge in [0.15, 0.2) is 25.0 Å². The highest BCUT2D eigenvalue weighted by Crippen LogP contribution is 2.33. The van der Waals surface area contributed by atoms with Crippen molar-refractivity contribution >= 4 is 48.3 Å². The Balaban J connectivity index is 1.34. The minimum atomic E-state index is -1.96. The normalized spacial score (nSPS) is 37.9. The summed E-state index contributed by atoms with van der Waals surface area (Å²) in [5.41, 5.74) is 0. The van der Waals surface area contributed by atoms with Gasteiger partial charge in [-0.25, -0.2) is 0 Å². The molecule has 4 aliphatic rings. The standard InChI is InChI=1S/C33H51N3O21S/c1-4-58-16-10-18(42)36(28(16)48)8-5-6-17(41)34-7-9-50-30-23(46)22(45)27(33(56-30)52-13-39)55-29-19(35-14(2)40)20(43)25(15(11-37)53-29)54-31-24(47)21(44)26(49-3)32(57-31)51-12-38/h12-13,15-16,19-27,29-33,37,43-47H,4-11H2,1-3H3,(H,34,41)(H,35,40)/t15?,16?,19?,20-,21-,22-,23?,24?,25-,26+,27+,29-,30-,31-,32?,33?/m1/s1. The van der Waals surface area contributed by atoms with E-state index in [9.17, 15) is 59.4 Å². The van der Waals surface area contributed by atoms with Crippen LogP contribution in [0.5, 0.6) is 0 Å². The van der Waals surface area contributed by atoms with Crippen molar-refractivity contribution in [1.29, 1.82) is 0 Å². The van der Waals surface area contributed by atoms with E-state index in [-0.39, 0.29) is 63.7 Å². The van der Waals surface area contributed by atoms with E-state index >= 15 is 0 Å². The van der Waals surface area contributed by atoms with Gasteiger partial charge >= 0.3 is 0 Å². The molecule has 25 heteroatoms. The van der Waals surface area contributed by atoms with Crippen molar-refractivity contribution in [3.63, 3.8) is 0 Å². The van der Waals surface area contributed by atoms with Crippen molar-refractivity contribution in [2.75, 3.05) is 39.2 Å². The predicted molar refractivity (Wildman–Crippen MR) is 187 cm³/mol. The number of likely N-dealkylation sites (tertiary alicyclic amines) is 1. The fraction of sp³-hybridized carbons (Fsp3) is 0.818. The summed E-state index contributed by atoms with van der Waals surface area (Å²) in [7, 11) is 1.15. The number of carbonyl (C=O) groups is 6. The lowest BCUT2D eigenvalue weighted by Crippen LogP contribution is -2.69. The van der Waals surface area contributed by atoms with Crippen LogP contribution in [-0.2, 0) is 71.4 Å². The van der Waals surface area contributed by atoms with Gasteiger partial charge in [0, 0.05) is 40.0 Å². The molecule has 58 heavy (non-hydrogen) atoms. The summed E-state index contributed by atoms with van der Waals surface area (Å²) in [6.07, 6.45) is -24.0. The number of rotatable bonds is 21. The third-order valence-corrected chi connectivity index (χ3v) is 10.6. The molecule has 24 nitrogen and oxygen atoms in total. The summed E-state index contributed by atoms with van der Waals surface area (Å²) < 4.78 is 48.5. The van der Waals surface area contributed by atoms with Crippen LogP contribution in [0.2, 0.25) is 0 Å². The minimum absolute atomic E-state index is 0.00396. The van der Waals surface area contributed by atoms with E-state index in [1.807, 2.05) is 6.92 Å². The van der Waals surface area contributed by atoms with Crippen LogP contribution < -0.4 is 10.6 Å². The Morgan fingerprint density at radius 1 is 0.862 bits per heavy atom. The molecule has 0 bridgehead atoms. The molecule has 8 N–H and O–H groups in total. The first-order chi connectivity index (χ1) is 27.7. The lowest BCUT2D eigenvalue weighted by Gasteiger charge is -2.49. The summed E-state index contributed by atoms with van der Waals surface area (Å²) in [5.74, 6) is -1.04. The minimum Gasteiger partial charge on any atom is -0.435 e. The number of ether oxygens (including phenoxy) is 9. The van der Waals surface area contributed by atoms with Gasteiger partial charge in [-0.05, 0) is 12.2 Å². The number of methoxy groups -OCH3 is 1. The van der Waals surface area contributed by atoms with E-state index in [2.05, 4.69) is 10.6 Å². The number of aliphatic hydroxyl groups excluding tert-OH is 6. The first kappa shape index (κ1) is 47.5. The number of aliphatic hydroxyl groups is 6. The second-order valence-corrected chi connectivity index (χ2v) is 14.9. The Hall–Kier alpha value is -3.15. The van der Waals surface area contributed by atoms with Crippen LogP contribution in [0.4, 0.5) is 0 Å². The number of nitrogens with zero attached hydrogens (tertiary/aromatic N) is 1. The molecule has 330 valence electrons. The maximum atomic E-state index is 12.4. The van der Waals surface area contributed by atoms with Gasteiger partial charge in [0.2, 0.25) is 36.2 Å². The highest BCUT2D eigenvalue weighted by Gasteiger charge is 2.55. The maximum Gasteiger partial charge on any atom is 0.295 e. The lowest BCUT2D eigenvalue weighted by molar-refractivity contribution is -0.389. The van der Waals surface area contributed by atoms with E-state index in [4.69, 9.17) is 42.6 Å². The highest BCUT2D eigenvalue weighted by atomic mass is 32.2. The molecule has 4 aliphatic heterocycles. The Morgan fingerprint density at radius 2 is 1.48 bits per heavy atom. The summed E-state index contributed by atoms with van der Waals surface area (Å²) in [5, 5.41) is 69.4. The maximum absolute atomic E-state index is 12.4. The SMILES string of the molecule is CCSC1CC(=O)N(CCCC(=O)NCCO[C@@H]2OC(OC=O)[C@@H](O[C@H]3OC(CO)[C@@H](O[C@@H]4OC(OC=O)[C@@H](OC)[C@H](O)C4O)[C@H](O)C3NC(C)=O)[C@H](O)C2O)C1=O. The van der Waals surface area contributed by atoms with Gasteiger partial charge in [-0.2, -0.15) is 0 Å². The third kappa shape index (κ3) is 11.6. The molecule has 0 aromatic carbocycles. The summed E-state index contributed by atoms with van der Waals surface area (Å²) in [6.45, 7) is 1.71. The Labute approximate surface area is 335 Å². The van der Waals surface area contributed by atoms with Crippen LogP contribution in [0.3, 0.4) is 0 Å². The average Bonchev–Trinajstić information content (AvgIpc) is 3.45. The highest BCUT2D eigenvalue weighted by molar-refractivity contribution is 8.00. The largest absolute Gasteiger partial charge is 0.435 e. The van der Waals surface area contributed by atoms with E-state index < -0.39 is 116 Å². The molecule has 4 fully saturated rings. The molecule has 4 heterocycles.